The molecular formula is C19H36N2. The van der Waals surface area contributed by atoms with Crippen LogP contribution in [0.2, 0.25) is 0 Å². The van der Waals surface area contributed by atoms with Crippen molar-refractivity contribution in [2.45, 2.75) is 103 Å². The van der Waals surface area contributed by atoms with Crippen molar-refractivity contribution in [3.63, 3.8) is 0 Å². The molecule has 3 aliphatic rings. The maximum absolute atomic E-state index is 3.81. The Labute approximate surface area is 132 Å². The minimum absolute atomic E-state index is 0.831. The van der Waals surface area contributed by atoms with Crippen molar-refractivity contribution in [3.05, 3.63) is 0 Å². The summed E-state index contributed by atoms with van der Waals surface area (Å²) in [5.41, 5.74) is 0. The minimum atomic E-state index is 0.831. The van der Waals surface area contributed by atoms with Crippen molar-refractivity contribution in [1.29, 1.82) is 0 Å². The van der Waals surface area contributed by atoms with E-state index in [1.807, 2.05) is 0 Å². The molecule has 2 heteroatoms. The first-order valence-corrected chi connectivity index (χ1v) is 9.67. The van der Waals surface area contributed by atoms with Crippen LogP contribution in [-0.4, -0.2) is 35.6 Å². The van der Waals surface area contributed by atoms with E-state index in [0.717, 1.165) is 36.0 Å². The Morgan fingerprint density at radius 1 is 0.952 bits per heavy atom. The zero-order valence-corrected chi connectivity index (χ0v) is 14.5. The summed E-state index contributed by atoms with van der Waals surface area (Å²) >= 11 is 0. The van der Waals surface area contributed by atoms with Gasteiger partial charge in [-0.3, -0.25) is 4.90 Å². The molecule has 21 heavy (non-hydrogen) atoms. The topological polar surface area (TPSA) is 15.3 Å². The molecule has 0 aromatic carbocycles. The quantitative estimate of drug-likeness (QED) is 0.817. The van der Waals surface area contributed by atoms with Gasteiger partial charge in [-0.15, -0.1) is 0 Å². The summed E-state index contributed by atoms with van der Waals surface area (Å²) in [6, 6.07) is 3.42. The first-order valence-electron chi connectivity index (χ1n) is 9.67. The predicted molar refractivity (Wildman–Crippen MR) is 90.5 cm³/mol. The standard InChI is InChI=1S/C19H36N2/c1-4-21(19-12-16-8-9-17(13-19)20-16)18-7-5-6-15(11-18)10-14(2)3/h14-20H,4-13H2,1-3H3. The number of hydrogen-bond acceptors (Lipinski definition) is 2. The van der Waals surface area contributed by atoms with Gasteiger partial charge in [-0.2, -0.15) is 0 Å². The Hall–Kier alpha value is -0.0800. The fourth-order valence-electron chi connectivity index (χ4n) is 5.56. The summed E-state index contributed by atoms with van der Waals surface area (Å²) in [7, 11) is 0. The van der Waals surface area contributed by atoms with Gasteiger partial charge in [0.05, 0.1) is 0 Å². The highest BCUT2D eigenvalue weighted by molar-refractivity contribution is 4.97. The van der Waals surface area contributed by atoms with Gasteiger partial charge < -0.3 is 5.32 Å². The highest BCUT2D eigenvalue weighted by Crippen LogP contribution is 2.36. The van der Waals surface area contributed by atoms with Crippen LogP contribution in [0.5, 0.6) is 0 Å². The number of rotatable bonds is 5. The van der Waals surface area contributed by atoms with Crippen molar-refractivity contribution in [2.24, 2.45) is 11.8 Å². The molecule has 4 atom stereocenters. The van der Waals surface area contributed by atoms with Crippen LogP contribution in [0, 0.1) is 11.8 Å². The van der Waals surface area contributed by atoms with E-state index in [9.17, 15) is 0 Å². The Kier molecular flexibility index (Phi) is 5.27. The minimum Gasteiger partial charge on any atom is -0.311 e. The third kappa shape index (κ3) is 3.82. The summed E-state index contributed by atoms with van der Waals surface area (Å²) in [5.74, 6) is 1.87. The van der Waals surface area contributed by atoms with Crippen molar-refractivity contribution >= 4 is 0 Å². The summed E-state index contributed by atoms with van der Waals surface area (Å²) in [6.45, 7) is 8.45. The lowest BCUT2D eigenvalue weighted by Crippen LogP contribution is -2.52. The van der Waals surface area contributed by atoms with Crippen molar-refractivity contribution < 1.29 is 0 Å². The van der Waals surface area contributed by atoms with E-state index in [2.05, 4.69) is 31.0 Å². The SMILES string of the molecule is CCN(C1CCCC(CC(C)C)C1)C1CC2CCC(C1)N2. The van der Waals surface area contributed by atoms with Gasteiger partial charge in [0.15, 0.2) is 0 Å². The molecule has 2 bridgehead atoms. The van der Waals surface area contributed by atoms with E-state index >= 15 is 0 Å². The molecule has 2 aliphatic heterocycles. The molecule has 2 saturated heterocycles. The molecule has 2 nitrogen and oxygen atoms in total. The molecule has 0 spiro atoms. The van der Waals surface area contributed by atoms with Gasteiger partial charge in [-0.25, -0.2) is 0 Å². The Bertz CT molecular complexity index is 316. The molecule has 3 fully saturated rings. The largest absolute Gasteiger partial charge is 0.311 e. The zero-order chi connectivity index (χ0) is 14.8. The molecule has 2 heterocycles. The van der Waals surface area contributed by atoms with Gasteiger partial charge >= 0.3 is 0 Å². The lowest BCUT2D eigenvalue weighted by atomic mass is 9.79. The highest BCUT2D eigenvalue weighted by Gasteiger charge is 2.38. The second kappa shape index (κ2) is 7.00. The van der Waals surface area contributed by atoms with E-state index in [-0.39, 0.29) is 0 Å². The molecule has 1 N–H and O–H groups in total. The molecule has 1 saturated carbocycles. The summed E-state index contributed by atoms with van der Waals surface area (Å²) < 4.78 is 0. The van der Waals surface area contributed by atoms with Crippen LogP contribution in [0.15, 0.2) is 0 Å². The maximum Gasteiger partial charge on any atom is 0.0128 e. The van der Waals surface area contributed by atoms with Crippen LogP contribution in [-0.2, 0) is 0 Å². The Morgan fingerprint density at radius 3 is 2.29 bits per heavy atom. The van der Waals surface area contributed by atoms with Gasteiger partial charge in [-0.05, 0) is 63.3 Å². The average molecular weight is 293 g/mol. The van der Waals surface area contributed by atoms with Gasteiger partial charge in [0.2, 0.25) is 0 Å². The predicted octanol–water partition coefficient (Wildman–Crippen LogP) is 4.20. The van der Waals surface area contributed by atoms with Crippen molar-refractivity contribution in [1.82, 2.24) is 10.2 Å². The third-order valence-electron chi connectivity index (χ3n) is 6.31. The fourth-order valence-corrected chi connectivity index (χ4v) is 5.56. The Morgan fingerprint density at radius 2 is 1.67 bits per heavy atom. The molecule has 0 radical (unpaired) electrons. The number of nitrogens with one attached hydrogen (secondary N) is 1. The number of piperidine rings is 1. The smallest absolute Gasteiger partial charge is 0.0128 e. The van der Waals surface area contributed by atoms with Crippen LogP contribution in [0.25, 0.3) is 0 Å². The van der Waals surface area contributed by atoms with E-state index in [1.54, 1.807) is 0 Å². The summed E-state index contributed by atoms with van der Waals surface area (Å²) in [5, 5.41) is 3.81. The van der Waals surface area contributed by atoms with Gasteiger partial charge in [-0.1, -0.05) is 33.6 Å². The van der Waals surface area contributed by atoms with Crippen LogP contribution in [0.4, 0.5) is 0 Å². The lowest BCUT2D eigenvalue weighted by Gasteiger charge is -2.44. The van der Waals surface area contributed by atoms with E-state index in [0.29, 0.717) is 0 Å². The van der Waals surface area contributed by atoms with Gasteiger partial charge in [0.25, 0.3) is 0 Å². The van der Waals surface area contributed by atoms with E-state index in [4.69, 9.17) is 0 Å². The molecule has 0 amide bonds. The van der Waals surface area contributed by atoms with Crippen molar-refractivity contribution in [3.8, 4) is 0 Å². The monoisotopic (exact) mass is 292 g/mol. The van der Waals surface area contributed by atoms with E-state index in [1.165, 1.54) is 64.3 Å². The summed E-state index contributed by atoms with van der Waals surface area (Å²) in [6.07, 6.45) is 13.0. The van der Waals surface area contributed by atoms with E-state index < -0.39 is 0 Å². The van der Waals surface area contributed by atoms with Crippen molar-refractivity contribution in [2.75, 3.05) is 6.54 Å². The molecule has 4 unspecified atom stereocenters. The number of hydrogen-bond donors (Lipinski definition) is 1. The average Bonchev–Trinajstić information content (AvgIpc) is 2.78. The molecule has 0 aromatic heterocycles. The van der Waals surface area contributed by atoms with Crippen LogP contribution in [0.3, 0.4) is 0 Å². The van der Waals surface area contributed by atoms with Crippen LogP contribution in [0.1, 0.15) is 78.6 Å². The molecule has 122 valence electrons. The Balaban J connectivity index is 1.60. The van der Waals surface area contributed by atoms with Gasteiger partial charge in [0, 0.05) is 24.2 Å². The normalized spacial score (nSPS) is 40.1. The number of fused-ring (bicyclic) bond motifs is 2. The molecule has 1 aliphatic carbocycles. The molecule has 3 rings (SSSR count). The first kappa shape index (κ1) is 15.8. The highest BCUT2D eigenvalue weighted by atomic mass is 15.2. The third-order valence-corrected chi connectivity index (χ3v) is 6.31. The first-order chi connectivity index (χ1) is 10.2. The lowest BCUT2D eigenvalue weighted by molar-refractivity contribution is 0.0610. The molecule has 0 aromatic rings. The second-order valence-electron chi connectivity index (χ2n) is 8.41. The fraction of sp³-hybridized carbons (Fsp3) is 1.00. The second-order valence-corrected chi connectivity index (χ2v) is 8.41. The zero-order valence-electron chi connectivity index (χ0n) is 14.5. The van der Waals surface area contributed by atoms with Crippen LogP contribution >= 0.6 is 0 Å². The maximum atomic E-state index is 3.81. The number of nitrogens with zero attached hydrogens (tertiary/aromatic N) is 1. The van der Waals surface area contributed by atoms with Gasteiger partial charge in [0.1, 0.15) is 0 Å². The summed E-state index contributed by atoms with van der Waals surface area (Å²) in [4.78, 5) is 2.92. The van der Waals surface area contributed by atoms with Crippen LogP contribution < -0.4 is 5.32 Å². The molecular weight excluding hydrogens is 256 g/mol.